The second-order valence-corrected chi connectivity index (χ2v) is 1.83. The van der Waals surface area contributed by atoms with Gasteiger partial charge in [-0.05, 0) is 19.4 Å². The highest BCUT2D eigenvalue weighted by Crippen LogP contribution is 1.96. The molecule has 0 atom stereocenters. The van der Waals surface area contributed by atoms with Crippen LogP contribution in [0.3, 0.4) is 0 Å². The molecule has 15 heavy (non-hydrogen) atoms. The Bertz CT molecular complexity index is 135. The Morgan fingerprint density at radius 3 is 1.47 bits per heavy atom. The van der Waals surface area contributed by atoms with Crippen LogP contribution in [0.15, 0.2) is 23.5 Å². The molecule has 2 heteroatoms. The number of allylic oxidation sites excluding steroid dienone is 3. The van der Waals surface area contributed by atoms with Crippen molar-refractivity contribution in [1.29, 1.82) is 0 Å². The van der Waals surface area contributed by atoms with Crippen LogP contribution in [0.25, 0.3) is 0 Å². The quantitative estimate of drug-likeness (QED) is 0.680. The molecule has 0 aliphatic carbocycles. The van der Waals surface area contributed by atoms with Gasteiger partial charge in [-0.25, -0.2) is 0 Å². The fraction of sp³-hybridized carbons (Fsp3) is 0.692. The van der Waals surface area contributed by atoms with E-state index in [-0.39, 0.29) is 0 Å². The Kier molecular flexibility index (Phi) is 46.2. The van der Waals surface area contributed by atoms with Gasteiger partial charge < -0.3 is 11.5 Å². The molecule has 0 aliphatic heterocycles. The summed E-state index contributed by atoms with van der Waals surface area (Å²) in [5.74, 6) is 0. The summed E-state index contributed by atoms with van der Waals surface area (Å²) in [7, 11) is 0. The van der Waals surface area contributed by atoms with Crippen molar-refractivity contribution in [3.8, 4) is 0 Å². The van der Waals surface area contributed by atoms with Gasteiger partial charge >= 0.3 is 0 Å². The number of nitrogens with two attached hydrogens (primary N) is 2. The molecule has 0 saturated carbocycles. The van der Waals surface area contributed by atoms with Gasteiger partial charge in [0.2, 0.25) is 0 Å². The molecule has 0 saturated heterocycles. The van der Waals surface area contributed by atoms with Gasteiger partial charge in [0.05, 0.1) is 5.70 Å². The van der Waals surface area contributed by atoms with Gasteiger partial charge in [0, 0.05) is 5.70 Å². The predicted molar refractivity (Wildman–Crippen MR) is 74.5 cm³/mol. The molecule has 2 nitrogen and oxygen atoms in total. The number of hydrogen-bond acceptors (Lipinski definition) is 2. The average Bonchev–Trinajstić information content (AvgIpc) is 2.36. The third-order valence-corrected chi connectivity index (χ3v) is 1.10. The van der Waals surface area contributed by atoms with Crippen LogP contribution < -0.4 is 11.5 Å². The van der Waals surface area contributed by atoms with Crippen LogP contribution in [0.5, 0.6) is 0 Å². The second kappa shape index (κ2) is 29.2. The maximum atomic E-state index is 5.51. The van der Waals surface area contributed by atoms with Gasteiger partial charge in [0.15, 0.2) is 0 Å². The molecule has 0 bridgehead atoms. The van der Waals surface area contributed by atoms with Crippen molar-refractivity contribution in [3.63, 3.8) is 0 Å². The molecule has 0 aromatic carbocycles. The van der Waals surface area contributed by atoms with E-state index >= 15 is 0 Å². The molecular weight excluding hydrogens is 184 g/mol. The highest BCUT2D eigenvalue weighted by atomic mass is 14.7. The Morgan fingerprint density at radius 1 is 0.933 bits per heavy atom. The lowest BCUT2D eigenvalue weighted by Gasteiger charge is -1.97. The van der Waals surface area contributed by atoms with E-state index in [9.17, 15) is 0 Å². The highest BCUT2D eigenvalue weighted by Gasteiger charge is 1.88. The van der Waals surface area contributed by atoms with Crippen LogP contribution in [-0.2, 0) is 0 Å². The number of rotatable bonds is 2. The van der Waals surface area contributed by atoms with Crippen molar-refractivity contribution in [1.82, 2.24) is 0 Å². The van der Waals surface area contributed by atoms with Crippen LogP contribution in [0.2, 0.25) is 0 Å². The minimum absolute atomic E-state index is 0.681. The molecular formula is C13H32N2. The summed E-state index contributed by atoms with van der Waals surface area (Å²) in [4.78, 5) is 0. The minimum Gasteiger partial charge on any atom is -0.400 e. The Labute approximate surface area is 97.4 Å². The lowest BCUT2D eigenvalue weighted by atomic mass is 10.2. The topological polar surface area (TPSA) is 52.0 Å². The molecule has 0 spiro atoms. The fourth-order valence-corrected chi connectivity index (χ4v) is 0.491. The molecule has 0 aromatic heterocycles. The van der Waals surface area contributed by atoms with Crippen LogP contribution in [0, 0.1) is 0 Å². The standard InChI is InChI=1S/C7H14N2.3C2H6/c1-3-5-7(9)6(8)4-2;3*1-2/h3,5H,4,8-9H2,1-2H3;3*1-2H3/b5-3-,7-6-;;;. The molecule has 0 radical (unpaired) electrons. The van der Waals surface area contributed by atoms with Gasteiger partial charge in [0.1, 0.15) is 0 Å². The van der Waals surface area contributed by atoms with Crippen LogP contribution in [-0.4, -0.2) is 0 Å². The predicted octanol–water partition coefficient (Wildman–Crippen LogP) is 4.18. The molecule has 0 aliphatic rings. The fourth-order valence-electron chi connectivity index (χ4n) is 0.491. The molecule has 0 fully saturated rings. The number of hydrogen-bond donors (Lipinski definition) is 2. The van der Waals surface area contributed by atoms with Crippen molar-refractivity contribution < 1.29 is 0 Å². The summed E-state index contributed by atoms with van der Waals surface area (Å²) < 4.78 is 0. The summed E-state index contributed by atoms with van der Waals surface area (Å²) in [6.45, 7) is 15.9. The first kappa shape index (κ1) is 23.7. The molecule has 0 aromatic rings. The zero-order chi connectivity index (χ0) is 13.3. The zero-order valence-electron chi connectivity index (χ0n) is 12.0. The SMILES string of the molecule is C/C=C\C(N)=C(\N)CC.CC.CC.CC. The van der Waals surface area contributed by atoms with Crippen LogP contribution in [0.4, 0.5) is 0 Å². The van der Waals surface area contributed by atoms with Crippen LogP contribution >= 0.6 is 0 Å². The zero-order valence-corrected chi connectivity index (χ0v) is 12.0. The summed E-state index contributed by atoms with van der Waals surface area (Å²) in [5.41, 5.74) is 12.5. The molecule has 0 unspecified atom stereocenters. The van der Waals surface area contributed by atoms with E-state index in [0.717, 1.165) is 12.1 Å². The van der Waals surface area contributed by atoms with E-state index in [1.807, 2.05) is 61.5 Å². The smallest absolute Gasteiger partial charge is 0.0501 e. The van der Waals surface area contributed by atoms with Crippen molar-refractivity contribution in [2.45, 2.75) is 61.8 Å². The lowest BCUT2D eigenvalue weighted by molar-refractivity contribution is 1.03. The van der Waals surface area contributed by atoms with Gasteiger partial charge in [-0.1, -0.05) is 54.5 Å². The maximum Gasteiger partial charge on any atom is 0.0501 e. The van der Waals surface area contributed by atoms with Gasteiger partial charge in [-0.3, -0.25) is 0 Å². The monoisotopic (exact) mass is 216 g/mol. The van der Waals surface area contributed by atoms with Crippen molar-refractivity contribution in [2.75, 3.05) is 0 Å². The van der Waals surface area contributed by atoms with Gasteiger partial charge in [0.25, 0.3) is 0 Å². The summed E-state index contributed by atoms with van der Waals surface area (Å²) >= 11 is 0. The first-order valence-electron chi connectivity index (χ1n) is 6.09. The summed E-state index contributed by atoms with van der Waals surface area (Å²) in [5, 5.41) is 0. The Hall–Kier alpha value is -0.920. The van der Waals surface area contributed by atoms with E-state index in [1.165, 1.54) is 0 Å². The minimum atomic E-state index is 0.681. The molecule has 94 valence electrons. The summed E-state index contributed by atoms with van der Waals surface area (Å²) in [6, 6.07) is 0. The van der Waals surface area contributed by atoms with Crippen molar-refractivity contribution in [3.05, 3.63) is 23.5 Å². The molecule has 0 rings (SSSR count). The Morgan fingerprint density at radius 2 is 1.27 bits per heavy atom. The lowest BCUT2D eigenvalue weighted by Crippen LogP contribution is -2.06. The van der Waals surface area contributed by atoms with Gasteiger partial charge in [-0.15, -0.1) is 0 Å². The van der Waals surface area contributed by atoms with Crippen LogP contribution in [0.1, 0.15) is 61.8 Å². The molecule has 0 heterocycles. The van der Waals surface area contributed by atoms with Crippen molar-refractivity contribution >= 4 is 0 Å². The molecule has 4 N–H and O–H groups in total. The van der Waals surface area contributed by atoms with E-state index in [2.05, 4.69) is 0 Å². The summed E-state index contributed by atoms with van der Waals surface area (Å²) in [6.07, 6.45) is 4.49. The second-order valence-electron chi connectivity index (χ2n) is 1.83. The first-order chi connectivity index (χ1) is 7.22. The third kappa shape index (κ3) is 24.6. The van der Waals surface area contributed by atoms with E-state index < -0.39 is 0 Å². The largest absolute Gasteiger partial charge is 0.400 e. The molecule has 0 amide bonds. The Balaban J connectivity index is -0.0000000860. The van der Waals surface area contributed by atoms with Gasteiger partial charge in [-0.2, -0.15) is 0 Å². The van der Waals surface area contributed by atoms with E-state index in [1.54, 1.807) is 6.08 Å². The van der Waals surface area contributed by atoms with Crippen molar-refractivity contribution in [2.24, 2.45) is 11.5 Å². The average molecular weight is 216 g/mol. The normalized spacial score (nSPS) is 9.60. The van der Waals surface area contributed by atoms with E-state index in [4.69, 9.17) is 11.5 Å². The first-order valence-corrected chi connectivity index (χ1v) is 6.09. The maximum absolute atomic E-state index is 5.51. The van der Waals surface area contributed by atoms with E-state index in [0.29, 0.717) is 5.70 Å². The third-order valence-electron chi connectivity index (χ3n) is 1.10. The highest BCUT2D eigenvalue weighted by molar-refractivity contribution is 5.19.